The second-order valence-corrected chi connectivity index (χ2v) is 6.32. The van der Waals surface area contributed by atoms with Crippen molar-refractivity contribution in [2.75, 3.05) is 13.2 Å². The summed E-state index contributed by atoms with van der Waals surface area (Å²) in [7, 11) is 0. The van der Waals surface area contributed by atoms with Crippen LogP contribution >= 0.6 is 0 Å². The van der Waals surface area contributed by atoms with Gasteiger partial charge in [0.15, 0.2) is 6.61 Å². The van der Waals surface area contributed by atoms with Gasteiger partial charge >= 0.3 is 0 Å². The number of likely N-dealkylation sites (tertiary alicyclic amines) is 1. The molecule has 1 aliphatic rings. The first-order chi connectivity index (χ1) is 12.0. The van der Waals surface area contributed by atoms with Crippen LogP contribution in [0.2, 0.25) is 0 Å². The van der Waals surface area contributed by atoms with Crippen molar-refractivity contribution in [2.45, 2.75) is 32.4 Å². The minimum Gasteiger partial charge on any atom is -0.484 e. The Morgan fingerprint density at radius 3 is 2.96 bits per heavy atom. The Morgan fingerprint density at radius 2 is 2.24 bits per heavy atom. The lowest BCUT2D eigenvalue weighted by Gasteiger charge is -2.25. The van der Waals surface area contributed by atoms with E-state index in [0.717, 1.165) is 24.9 Å². The van der Waals surface area contributed by atoms with Crippen LogP contribution < -0.4 is 10.5 Å². The van der Waals surface area contributed by atoms with E-state index in [1.165, 1.54) is 0 Å². The average Bonchev–Trinajstić information content (AvgIpc) is 3.22. The lowest BCUT2D eigenvalue weighted by Crippen LogP contribution is -2.38. The summed E-state index contributed by atoms with van der Waals surface area (Å²) < 4.78 is 7.17. The van der Waals surface area contributed by atoms with Crippen LogP contribution in [0.15, 0.2) is 36.7 Å². The number of nitrogens with zero attached hydrogens (tertiary/aromatic N) is 3. The summed E-state index contributed by atoms with van der Waals surface area (Å²) in [6.45, 7) is 3.22. The molecule has 1 aliphatic heterocycles. The second kappa shape index (κ2) is 7.38. The van der Waals surface area contributed by atoms with E-state index in [1.807, 2.05) is 28.9 Å². The number of amides is 2. The molecule has 2 N–H and O–H groups in total. The molecule has 2 aromatic rings. The van der Waals surface area contributed by atoms with Gasteiger partial charge in [-0.25, -0.2) is 0 Å². The number of carbonyl (C=O) groups excluding carboxylic acids is 2. The monoisotopic (exact) mass is 342 g/mol. The molecular formula is C18H22N4O3. The Bertz CT molecular complexity index is 771. The van der Waals surface area contributed by atoms with Crippen molar-refractivity contribution in [1.29, 1.82) is 0 Å². The van der Waals surface area contributed by atoms with Crippen LogP contribution in [0.3, 0.4) is 0 Å². The fourth-order valence-corrected chi connectivity index (χ4v) is 3.11. The first kappa shape index (κ1) is 17.0. The van der Waals surface area contributed by atoms with Gasteiger partial charge in [0.05, 0.1) is 18.8 Å². The third-order valence-electron chi connectivity index (χ3n) is 4.26. The average molecular weight is 342 g/mol. The molecule has 1 aromatic carbocycles. The van der Waals surface area contributed by atoms with Gasteiger partial charge in [0.1, 0.15) is 5.75 Å². The molecule has 1 atom stereocenters. The third kappa shape index (κ3) is 4.17. The molecule has 7 nitrogen and oxygen atoms in total. The van der Waals surface area contributed by atoms with E-state index in [-0.39, 0.29) is 18.6 Å². The van der Waals surface area contributed by atoms with Crippen LogP contribution in [0.25, 0.3) is 0 Å². The molecule has 132 valence electrons. The summed E-state index contributed by atoms with van der Waals surface area (Å²) in [4.78, 5) is 25.6. The number of aromatic nitrogens is 2. The summed E-state index contributed by atoms with van der Waals surface area (Å²) in [6, 6.07) is 6.98. The maximum atomic E-state index is 12.9. The van der Waals surface area contributed by atoms with E-state index < -0.39 is 5.91 Å². The normalized spacial score (nSPS) is 16.8. The second-order valence-electron chi connectivity index (χ2n) is 6.32. The van der Waals surface area contributed by atoms with Gasteiger partial charge in [0.25, 0.3) is 11.8 Å². The number of hydrogen-bond acceptors (Lipinski definition) is 4. The molecule has 1 fully saturated rings. The van der Waals surface area contributed by atoms with Crippen molar-refractivity contribution in [1.82, 2.24) is 14.7 Å². The van der Waals surface area contributed by atoms with Gasteiger partial charge in [-0.3, -0.25) is 14.3 Å². The van der Waals surface area contributed by atoms with Crippen molar-refractivity contribution in [3.8, 4) is 5.75 Å². The topological polar surface area (TPSA) is 90.4 Å². The third-order valence-corrected chi connectivity index (χ3v) is 4.26. The maximum Gasteiger partial charge on any atom is 0.255 e. The number of hydrogen-bond donors (Lipinski definition) is 1. The molecule has 2 heterocycles. The molecule has 0 radical (unpaired) electrons. The van der Waals surface area contributed by atoms with Crippen LogP contribution in [0, 0.1) is 6.92 Å². The Morgan fingerprint density at radius 1 is 1.40 bits per heavy atom. The first-order valence-corrected chi connectivity index (χ1v) is 8.34. The number of carbonyl (C=O) groups is 2. The van der Waals surface area contributed by atoms with Gasteiger partial charge in [-0.15, -0.1) is 0 Å². The zero-order valence-corrected chi connectivity index (χ0v) is 14.2. The van der Waals surface area contributed by atoms with Crippen LogP contribution in [0.5, 0.6) is 5.75 Å². The van der Waals surface area contributed by atoms with Gasteiger partial charge in [0.2, 0.25) is 0 Å². The maximum absolute atomic E-state index is 12.9. The largest absolute Gasteiger partial charge is 0.484 e. The zero-order chi connectivity index (χ0) is 17.8. The van der Waals surface area contributed by atoms with E-state index in [4.69, 9.17) is 10.5 Å². The smallest absolute Gasteiger partial charge is 0.255 e. The van der Waals surface area contributed by atoms with Crippen LogP contribution in [-0.4, -0.2) is 45.7 Å². The van der Waals surface area contributed by atoms with Crippen molar-refractivity contribution in [2.24, 2.45) is 5.73 Å². The predicted octanol–water partition coefficient (Wildman–Crippen LogP) is 1.36. The number of aryl methyl sites for hydroxylation is 1. The Balaban J connectivity index is 1.70. The molecule has 0 spiro atoms. The SMILES string of the molecule is Cc1cnn(CC2CCCN2C(=O)c2cccc(OCC(N)=O)c2)c1. The molecule has 0 aliphatic carbocycles. The lowest BCUT2D eigenvalue weighted by molar-refractivity contribution is -0.119. The summed E-state index contributed by atoms with van der Waals surface area (Å²) in [6.07, 6.45) is 5.75. The van der Waals surface area contributed by atoms with Crippen molar-refractivity contribution < 1.29 is 14.3 Å². The number of rotatable bonds is 6. The number of primary amides is 1. The Kier molecular flexibility index (Phi) is 5.02. The van der Waals surface area contributed by atoms with E-state index in [0.29, 0.717) is 17.9 Å². The fourth-order valence-electron chi connectivity index (χ4n) is 3.11. The van der Waals surface area contributed by atoms with Crippen LogP contribution in [0.1, 0.15) is 28.8 Å². The van der Waals surface area contributed by atoms with Gasteiger partial charge in [0, 0.05) is 18.3 Å². The highest BCUT2D eigenvalue weighted by Crippen LogP contribution is 2.23. The zero-order valence-electron chi connectivity index (χ0n) is 14.2. The number of nitrogens with two attached hydrogens (primary N) is 1. The van der Waals surface area contributed by atoms with Gasteiger partial charge < -0.3 is 15.4 Å². The number of ether oxygens (including phenoxy) is 1. The summed E-state index contributed by atoms with van der Waals surface area (Å²) >= 11 is 0. The molecule has 0 saturated carbocycles. The molecule has 1 saturated heterocycles. The first-order valence-electron chi connectivity index (χ1n) is 8.34. The molecule has 1 aromatic heterocycles. The molecule has 25 heavy (non-hydrogen) atoms. The van der Waals surface area contributed by atoms with Crippen molar-refractivity contribution >= 4 is 11.8 Å². The van der Waals surface area contributed by atoms with Crippen LogP contribution in [-0.2, 0) is 11.3 Å². The van der Waals surface area contributed by atoms with Gasteiger partial charge in [-0.1, -0.05) is 6.07 Å². The number of benzene rings is 1. The molecule has 7 heteroatoms. The molecule has 0 bridgehead atoms. The van der Waals surface area contributed by atoms with Crippen LogP contribution in [0.4, 0.5) is 0 Å². The lowest BCUT2D eigenvalue weighted by atomic mass is 10.1. The van der Waals surface area contributed by atoms with E-state index >= 15 is 0 Å². The van der Waals surface area contributed by atoms with Gasteiger partial charge in [-0.05, 0) is 43.5 Å². The van der Waals surface area contributed by atoms with Gasteiger partial charge in [-0.2, -0.15) is 5.10 Å². The fraction of sp³-hybridized carbons (Fsp3) is 0.389. The molecule has 1 unspecified atom stereocenters. The minimum atomic E-state index is -0.550. The van der Waals surface area contributed by atoms with Crippen molar-refractivity contribution in [3.05, 3.63) is 47.8 Å². The molecular weight excluding hydrogens is 320 g/mol. The van der Waals surface area contributed by atoms with E-state index in [9.17, 15) is 9.59 Å². The quantitative estimate of drug-likeness (QED) is 0.858. The van der Waals surface area contributed by atoms with E-state index in [2.05, 4.69) is 5.10 Å². The highest BCUT2D eigenvalue weighted by molar-refractivity contribution is 5.95. The standard InChI is InChI=1S/C18H22N4O3/c1-13-9-20-21(10-13)11-15-5-3-7-22(15)18(24)14-4-2-6-16(8-14)25-12-17(19)23/h2,4,6,8-10,15H,3,5,7,11-12H2,1H3,(H2,19,23). The molecule has 3 rings (SSSR count). The summed E-state index contributed by atoms with van der Waals surface area (Å²) in [5.41, 5.74) is 6.74. The van der Waals surface area contributed by atoms with Crippen molar-refractivity contribution in [3.63, 3.8) is 0 Å². The molecule has 2 amide bonds. The highest BCUT2D eigenvalue weighted by atomic mass is 16.5. The summed E-state index contributed by atoms with van der Waals surface area (Å²) in [5, 5.41) is 4.32. The predicted molar refractivity (Wildman–Crippen MR) is 92.2 cm³/mol. The Hall–Kier alpha value is -2.83. The highest BCUT2D eigenvalue weighted by Gasteiger charge is 2.30. The summed E-state index contributed by atoms with van der Waals surface area (Å²) in [5.74, 6) is -0.121. The van der Waals surface area contributed by atoms with E-state index in [1.54, 1.807) is 24.3 Å². The Labute approximate surface area is 146 Å². The minimum absolute atomic E-state index is 0.0316.